The van der Waals surface area contributed by atoms with Crippen molar-refractivity contribution < 1.29 is 4.79 Å². The SMILES string of the molecule is Br.CCc1ccnc(C(=O)CBr)c1. The van der Waals surface area contributed by atoms with Crippen LogP contribution in [0.5, 0.6) is 0 Å². The van der Waals surface area contributed by atoms with Crippen molar-refractivity contribution in [2.75, 3.05) is 5.33 Å². The standard InChI is InChI=1S/C9H10BrNO.BrH/c1-2-7-3-4-11-8(5-7)9(12)6-10;/h3-5H,2,6H2,1H3;1H. The minimum Gasteiger partial charge on any atom is -0.291 e. The van der Waals surface area contributed by atoms with E-state index < -0.39 is 0 Å². The van der Waals surface area contributed by atoms with E-state index >= 15 is 0 Å². The molecule has 4 heteroatoms. The fraction of sp³-hybridized carbons (Fsp3) is 0.333. The lowest BCUT2D eigenvalue weighted by atomic mass is 10.1. The van der Waals surface area contributed by atoms with Crippen molar-refractivity contribution in [3.05, 3.63) is 29.6 Å². The van der Waals surface area contributed by atoms with E-state index in [1.165, 1.54) is 0 Å². The summed E-state index contributed by atoms with van der Waals surface area (Å²) < 4.78 is 0. The van der Waals surface area contributed by atoms with Gasteiger partial charge in [-0.3, -0.25) is 9.78 Å². The van der Waals surface area contributed by atoms with Gasteiger partial charge in [-0.15, -0.1) is 17.0 Å². The monoisotopic (exact) mass is 307 g/mol. The van der Waals surface area contributed by atoms with E-state index in [2.05, 4.69) is 27.8 Å². The number of pyridine rings is 1. The summed E-state index contributed by atoms with van der Waals surface area (Å²) in [6.07, 6.45) is 2.61. The molecule has 13 heavy (non-hydrogen) atoms. The van der Waals surface area contributed by atoms with Crippen LogP contribution in [0.25, 0.3) is 0 Å². The highest BCUT2D eigenvalue weighted by Gasteiger charge is 2.04. The number of ketones is 1. The van der Waals surface area contributed by atoms with Crippen LogP contribution in [-0.4, -0.2) is 16.1 Å². The third-order valence-corrected chi connectivity index (χ3v) is 2.15. The fourth-order valence-electron chi connectivity index (χ4n) is 0.915. The second-order valence-electron chi connectivity index (χ2n) is 2.46. The number of aryl methyl sites for hydroxylation is 1. The van der Waals surface area contributed by atoms with Gasteiger partial charge in [-0.2, -0.15) is 0 Å². The Hall–Kier alpha value is -0.220. The molecule has 0 bridgehead atoms. The van der Waals surface area contributed by atoms with Crippen LogP contribution in [0.1, 0.15) is 23.0 Å². The highest BCUT2D eigenvalue weighted by Crippen LogP contribution is 2.04. The molecule has 0 saturated carbocycles. The number of rotatable bonds is 3. The van der Waals surface area contributed by atoms with Crippen molar-refractivity contribution in [2.24, 2.45) is 0 Å². The van der Waals surface area contributed by atoms with E-state index in [0.717, 1.165) is 12.0 Å². The molecule has 0 aliphatic heterocycles. The first-order valence-corrected chi connectivity index (χ1v) is 4.94. The van der Waals surface area contributed by atoms with Gasteiger partial charge in [0.15, 0.2) is 5.78 Å². The number of halogens is 2. The minimum absolute atomic E-state index is 0. The maximum Gasteiger partial charge on any atom is 0.191 e. The summed E-state index contributed by atoms with van der Waals surface area (Å²) in [5.41, 5.74) is 1.69. The molecule has 1 heterocycles. The first-order chi connectivity index (χ1) is 5.77. The Balaban J connectivity index is 0.00000144. The van der Waals surface area contributed by atoms with Crippen molar-refractivity contribution in [3.8, 4) is 0 Å². The summed E-state index contributed by atoms with van der Waals surface area (Å²) >= 11 is 3.11. The lowest BCUT2D eigenvalue weighted by Crippen LogP contribution is -2.03. The van der Waals surface area contributed by atoms with Crippen LogP contribution >= 0.6 is 32.9 Å². The van der Waals surface area contributed by atoms with Gasteiger partial charge in [-0.25, -0.2) is 0 Å². The van der Waals surface area contributed by atoms with Gasteiger partial charge in [0, 0.05) is 6.20 Å². The molecule has 1 aromatic heterocycles. The minimum atomic E-state index is 0. The van der Waals surface area contributed by atoms with Crippen LogP contribution in [0.4, 0.5) is 0 Å². The number of carbonyl (C=O) groups is 1. The first-order valence-electron chi connectivity index (χ1n) is 3.82. The fourth-order valence-corrected chi connectivity index (χ4v) is 1.20. The maximum atomic E-state index is 11.2. The normalized spacial score (nSPS) is 9.08. The Morgan fingerprint density at radius 1 is 1.62 bits per heavy atom. The molecule has 72 valence electrons. The molecule has 0 unspecified atom stereocenters. The van der Waals surface area contributed by atoms with E-state index in [1.807, 2.05) is 12.1 Å². The Morgan fingerprint density at radius 2 is 2.31 bits per heavy atom. The molecular weight excluding hydrogens is 298 g/mol. The second-order valence-corrected chi connectivity index (χ2v) is 3.02. The lowest BCUT2D eigenvalue weighted by molar-refractivity contribution is 0.101. The van der Waals surface area contributed by atoms with Gasteiger partial charge >= 0.3 is 0 Å². The molecular formula is C9H11Br2NO. The quantitative estimate of drug-likeness (QED) is 0.635. The summed E-state index contributed by atoms with van der Waals surface area (Å²) in [5.74, 6) is 0.0327. The van der Waals surface area contributed by atoms with Gasteiger partial charge < -0.3 is 0 Å². The zero-order valence-corrected chi connectivity index (χ0v) is 10.6. The number of hydrogen-bond donors (Lipinski definition) is 0. The van der Waals surface area contributed by atoms with Gasteiger partial charge in [0.25, 0.3) is 0 Å². The van der Waals surface area contributed by atoms with Crippen molar-refractivity contribution in [3.63, 3.8) is 0 Å². The zero-order chi connectivity index (χ0) is 8.97. The van der Waals surface area contributed by atoms with E-state index in [0.29, 0.717) is 11.0 Å². The summed E-state index contributed by atoms with van der Waals surface area (Å²) in [5, 5.41) is 0.340. The molecule has 1 aromatic rings. The van der Waals surface area contributed by atoms with E-state index in [9.17, 15) is 4.79 Å². The number of alkyl halides is 1. The maximum absolute atomic E-state index is 11.2. The van der Waals surface area contributed by atoms with Gasteiger partial charge in [0.05, 0.1) is 5.33 Å². The Morgan fingerprint density at radius 3 is 2.85 bits per heavy atom. The van der Waals surface area contributed by atoms with Crippen molar-refractivity contribution in [1.82, 2.24) is 4.98 Å². The molecule has 0 spiro atoms. The topological polar surface area (TPSA) is 30.0 Å². The Bertz CT molecular complexity index is 289. The lowest BCUT2D eigenvalue weighted by Gasteiger charge is -1.98. The van der Waals surface area contributed by atoms with Crippen LogP contribution in [-0.2, 0) is 6.42 Å². The van der Waals surface area contributed by atoms with Crippen LogP contribution in [0.3, 0.4) is 0 Å². The average molecular weight is 309 g/mol. The summed E-state index contributed by atoms with van der Waals surface area (Å²) in [4.78, 5) is 15.2. The average Bonchev–Trinajstić information content (AvgIpc) is 2.17. The van der Waals surface area contributed by atoms with Crippen LogP contribution in [0, 0.1) is 0 Å². The molecule has 0 N–H and O–H groups in total. The highest BCUT2D eigenvalue weighted by atomic mass is 79.9. The van der Waals surface area contributed by atoms with Gasteiger partial charge in [-0.05, 0) is 24.1 Å². The van der Waals surface area contributed by atoms with E-state index in [4.69, 9.17) is 0 Å². The third-order valence-electron chi connectivity index (χ3n) is 1.64. The Kier molecular flexibility index (Phi) is 6.16. The van der Waals surface area contributed by atoms with E-state index in [-0.39, 0.29) is 22.8 Å². The molecule has 0 aliphatic rings. The molecule has 0 amide bonds. The van der Waals surface area contributed by atoms with Crippen LogP contribution in [0.15, 0.2) is 18.3 Å². The molecule has 2 nitrogen and oxygen atoms in total. The molecule has 0 radical (unpaired) electrons. The smallest absolute Gasteiger partial charge is 0.191 e. The zero-order valence-electron chi connectivity index (χ0n) is 7.29. The molecule has 0 saturated heterocycles. The number of aromatic nitrogens is 1. The molecule has 0 fully saturated rings. The third kappa shape index (κ3) is 3.56. The predicted molar refractivity (Wildman–Crippen MR) is 62.1 cm³/mol. The number of carbonyl (C=O) groups excluding carboxylic acids is 1. The largest absolute Gasteiger partial charge is 0.291 e. The summed E-state index contributed by atoms with van der Waals surface area (Å²) in [6, 6.07) is 3.76. The highest BCUT2D eigenvalue weighted by molar-refractivity contribution is 9.09. The van der Waals surface area contributed by atoms with Crippen molar-refractivity contribution in [2.45, 2.75) is 13.3 Å². The van der Waals surface area contributed by atoms with Crippen molar-refractivity contribution in [1.29, 1.82) is 0 Å². The number of Topliss-reactive ketones (excluding diaryl/α,β-unsaturated/α-hetero) is 1. The molecule has 0 aliphatic carbocycles. The van der Waals surface area contributed by atoms with E-state index in [1.54, 1.807) is 6.20 Å². The predicted octanol–water partition coefficient (Wildman–Crippen LogP) is 2.80. The summed E-state index contributed by atoms with van der Waals surface area (Å²) in [6.45, 7) is 2.05. The van der Waals surface area contributed by atoms with Gasteiger partial charge in [0.2, 0.25) is 0 Å². The number of nitrogens with zero attached hydrogens (tertiary/aromatic N) is 1. The molecule has 0 aromatic carbocycles. The number of hydrogen-bond acceptors (Lipinski definition) is 2. The summed E-state index contributed by atoms with van der Waals surface area (Å²) in [7, 11) is 0. The first kappa shape index (κ1) is 12.8. The van der Waals surface area contributed by atoms with Crippen molar-refractivity contribution >= 4 is 38.7 Å². The molecule has 0 atom stereocenters. The van der Waals surface area contributed by atoms with Gasteiger partial charge in [0.1, 0.15) is 5.69 Å². The van der Waals surface area contributed by atoms with Gasteiger partial charge in [-0.1, -0.05) is 22.9 Å². The Labute approximate surface area is 96.7 Å². The molecule has 1 rings (SSSR count). The van der Waals surface area contributed by atoms with Crippen LogP contribution in [0.2, 0.25) is 0 Å². The second kappa shape index (κ2) is 6.27. The van der Waals surface area contributed by atoms with Crippen LogP contribution < -0.4 is 0 Å².